The van der Waals surface area contributed by atoms with Crippen molar-refractivity contribution in [3.8, 4) is 5.75 Å². The first-order chi connectivity index (χ1) is 10.6. The lowest BCUT2D eigenvalue weighted by Crippen LogP contribution is -2.22. The Bertz CT molecular complexity index is 487. The van der Waals surface area contributed by atoms with E-state index in [2.05, 4.69) is 0 Å². The molecule has 2 rings (SSSR count). The Kier molecular flexibility index (Phi) is 6.12. The molecule has 1 aromatic carbocycles. The molecule has 0 bridgehead atoms. The first kappa shape index (κ1) is 16.7. The predicted octanol–water partition coefficient (Wildman–Crippen LogP) is 0.929. The summed E-state index contributed by atoms with van der Waals surface area (Å²) in [6.45, 7) is 0.101. The van der Waals surface area contributed by atoms with Crippen LogP contribution in [0.15, 0.2) is 42.5 Å². The SMILES string of the molecule is O=CC[C@H]1[C@H](C=C[C@@H](O)COc2ccccc2)[C@@H](O)C[C@H]1O. The second kappa shape index (κ2) is 8.08. The van der Waals surface area contributed by atoms with E-state index in [9.17, 15) is 20.1 Å². The number of hydrogen-bond acceptors (Lipinski definition) is 5. The van der Waals surface area contributed by atoms with Gasteiger partial charge in [0.2, 0.25) is 0 Å². The van der Waals surface area contributed by atoms with Crippen LogP contribution in [-0.2, 0) is 4.79 Å². The van der Waals surface area contributed by atoms with Gasteiger partial charge in [-0.3, -0.25) is 0 Å². The van der Waals surface area contributed by atoms with Gasteiger partial charge in [-0.1, -0.05) is 30.4 Å². The number of carbonyl (C=O) groups excluding carboxylic acids is 1. The van der Waals surface area contributed by atoms with Crippen molar-refractivity contribution in [2.45, 2.75) is 31.2 Å². The van der Waals surface area contributed by atoms with Crippen LogP contribution >= 0.6 is 0 Å². The molecule has 0 amide bonds. The minimum absolute atomic E-state index is 0.101. The molecule has 1 aliphatic rings. The quantitative estimate of drug-likeness (QED) is 0.515. The number of rotatable bonds is 7. The number of hydrogen-bond donors (Lipinski definition) is 3. The average molecular weight is 306 g/mol. The van der Waals surface area contributed by atoms with Crippen molar-refractivity contribution < 1.29 is 24.9 Å². The van der Waals surface area contributed by atoms with Crippen LogP contribution in [0, 0.1) is 11.8 Å². The number of benzene rings is 1. The molecule has 0 unspecified atom stereocenters. The van der Waals surface area contributed by atoms with Gasteiger partial charge >= 0.3 is 0 Å². The number of para-hydroxylation sites is 1. The zero-order valence-electron chi connectivity index (χ0n) is 12.3. The molecule has 0 aromatic heterocycles. The van der Waals surface area contributed by atoms with E-state index >= 15 is 0 Å². The van der Waals surface area contributed by atoms with Gasteiger partial charge < -0.3 is 24.9 Å². The maximum Gasteiger partial charge on any atom is 0.120 e. The van der Waals surface area contributed by atoms with Crippen LogP contribution in [-0.4, -0.2) is 46.5 Å². The van der Waals surface area contributed by atoms with E-state index in [4.69, 9.17) is 4.74 Å². The van der Waals surface area contributed by atoms with Gasteiger partial charge in [0, 0.05) is 24.7 Å². The standard InChI is InChI=1S/C17H22O5/c18-9-8-15-14(16(20)10-17(15)21)7-6-12(19)11-22-13-4-2-1-3-5-13/h1-7,9,12,14-17,19-21H,8,10-11H2/t12-,14+,15+,16+,17-/m1/s1. The highest BCUT2D eigenvalue weighted by Crippen LogP contribution is 2.35. The molecule has 5 nitrogen and oxygen atoms in total. The molecule has 1 aromatic rings. The lowest BCUT2D eigenvalue weighted by Gasteiger charge is -2.18. The molecular weight excluding hydrogens is 284 g/mol. The van der Waals surface area contributed by atoms with Crippen molar-refractivity contribution in [3.63, 3.8) is 0 Å². The number of aldehydes is 1. The van der Waals surface area contributed by atoms with Crippen molar-refractivity contribution in [2.24, 2.45) is 11.8 Å². The summed E-state index contributed by atoms with van der Waals surface area (Å²) in [5.41, 5.74) is 0. The molecule has 0 radical (unpaired) electrons. The van der Waals surface area contributed by atoms with Gasteiger partial charge in [0.05, 0.1) is 12.2 Å². The highest BCUT2D eigenvalue weighted by atomic mass is 16.5. The van der Waals surface area contributed by atoms with Gasteiger partial charge in [0.15, 0.2) is 0 Å². The predicted molar refractivity (Wildman–Crippen MR) is 81.4 cm³/mol. The molecule has 22 heavy (non-hydrogen) atoms. The Morgan fingerprint density at radius 1 is 1.23 bits per heavy atom. The Labute approximate surface area is 129 Å². The largest absolute Gasteiger partial charge is 0.491 e. The first-order valence-electron chi connectivity index (χ1n) is 7.46. The molecule has 1 aliphatic carbocycles. The highest BCUT2D eigenvalue weighted by molar-refractivity contribution is 5.50. The van der Waals surface area contributed by atoms with Gasteiger partial charge in [0.1, 0.15) is 24.7 Å². The Balaban J connectivity index is 1.87. The Hall–Kier alpha value is -1.69. The van der Waals surface area contributed by atoms with E-state index in [1.807, 2.05) is 18.2 Å². The lowest BCUT2D eigenvalue weighted by atomic mass is 9.90. The fraction of sp³-hybridized carbons (Fsp3) is 0.471. The third-order valence-electron chi connectivity index (χ3n) is 4.00. The average Bonchev–Trinajstić information content (AvgIpc) is 2.78. The zero-order valence-corrected chi connectivity index (χ0v) is 12.3. The van der Waals surface area contributed by atoms with Crippen LogP contribution in [0.3, 0.4) is 0 Å². The monoisotopic (exact) mass is 306 g/mol. The van der Waals surface area contributed by atoms with Crippen LogP contribution in [0.25, 0.3) is 0 Å². The van der Waals surface area contributed by atoms with Gasteiger partial charge in [-0.05, 0) is 12.1 Å². The molecular formula is C17H22O5. The lowest BCUT2D eigenvalue weighted by molar-refractivity contribution is -0.109. The highest BCUT2D eigenvalue weighted by Gasteiger charge is 2.39. The first-order valence-corrected chi connectivity index (χ1v) is 7.46. The van der Waals surface area contributed by atoms with Crippen LogP contribution < -0.4 is 4.74 Å². The van der Waals surface area contributed by atoms with Gasteiger partial charge in [0.25, 0.3) is 0 Å². The molecule has 1 saturated carbocycles. The fourth-order valence-electron chi connectivity index (χ4n) is 2.83. The molecule has 0 heterocycles. The molecule has 0 saturated heterocycles. The maximum absolute atomic E-state index is 10.7. The van der Waals surface area contributed by atoms with Gasteiger partial charge in [-0.25, -0.2) is 0 Å². The van der Waals surface area contributed by atoms with E-state index < -0.39 is 18.3 Å². The third-order valence-corrected chi connectivity index (χ3v) is 4.00. The second-order valence-corrected chi connectivity index (χ2v) is 5.59. The summed E-state index contributed by atoms with van der Waals surface area (Å²) in [6.07, 6.45) is 2.23. The topological polar surface area (TPSA) is 87.0 Å². The van der Waals surface area contributed by atoms with Crippen molar-refractivity contribution in [3.05, 3.63) is 42.5 Å². The normalized spacial score (nSPS) is 29.6. The maximum atomic E-state index is 10.7. The van der Waals surface area contributed by atoms with Crippen LogP contribution in [0.1, 0.15) is 12.8 Å². The van der Waals surface area contributed by atoms with Crippen LogP contribution in [0.5, 0.6) is 5.75 Å². The Morgan fingerprint density at radius 3 is 2.64 bits per heavy atom. The molecule has 5 atom stereocenters. The van der Waals surface area contributed by atoms with E-state index in [0.717, 1.165) is 6.29 Å². The van der Waals surface area contributed by atoms with Crippen molar-refractivity contribution >= 4 is 6.29 Å². The summed E-state index contributed by atoms with van der Waals surface area (Å²) in [4.78, 5) is 10.7. The third kappa shape index (κ3) is 4.40. The van der Waals surface area contributed by atoms with Crippen LogP contribution in [0.4, 0.5) is 0 Å². The summed E-state index contributed by atoms with van der Waals surface area (Å²) < 4.78 is 5.44. The van der Waals surface area contributed by atoms with E-state index in [-0.39, 0.29) is 31.3 Å². The smallest absolute Gasteiger partial charge is 0.120 e. The summed E-state index contributed by atoms with van der Waals surface area (Å²) in [5.74, 6) is 0.0441. The van der Waals surface area contributed by atoms with Crippen molar-refractivity contribution in [1.29, 1.82) is 0 Å². The fourth-order valence-corrected chi connectivity index (χ4v) is 2.83. The van der Waals surface area contributed by atoms with Crippen molar-refractivity contribution in [2.75, 3.05) is 6.61 Å². The minimum Gasteiger partial charge on any atom is -0.491 e. The molecule has 3 N–H and O–H groups in total. The number of ether oxygens (including phenoxy) is 1. The zero-order chi connectivity index (χ0) is 15.9. The summed E-state index contributed by atoms with van der Waals surface area (Å²) >= 11 is 0. The molecule has 5 heteroatoms. The summed E-state index contributed by atoms with van der Waals surface area (Å²) in [7, 11) is 0. The van der Waals surface area contributed by atoms with E-state index in [0.29, 0.717) is 5.75 Å². The number of carbonyl (C=O) groups is 1. The molecule has 120 valence electrons. The van der Waals surface area contributed by atoms with Gasteiger partial charge in [-0.2, -0.15) is 0 Å². The molecule has 1 fully saturated rings. The number of aliphatic hydroxyl groups is 3. The van der Waals surface area contributed by atoms with Crippen LogP contribution in [0.2, 0.25) is 0 Å². The number of aliphatic hydroxyl groups excluding tert-OH is 3. The summed E-state index contributed by atoms with van der Waals surface area (Å²) in [6, 6.07) is 9.17. The molecule has 0 spiro atoms. The summed E-state index contributed by atoms with van der Waals surface area (Å²) in [5, 5.41) is 29.7. The van der Waals surface area contributed by atoms with E-state index in [1.165, 1.54) is 0 Å². The van der Waals surface area contributed by atoms with Crippen molar-refractivity contribution in [1.82, 2.24) is 0 Å². The van der Waals surface area contributed by atoms with Gasteiger partial charge in [-0.15, -0.1) is 0 Å². The molecule has 0 aliphatic heterocycles. The second-order valence-electron chi connectivity index (χ2n) is 5.59. The minimum atomic E-state index is -0.818. The Morgan fingerprint density at radius 2 is 1.95 bits per heavy atom. The van der Waals surface area contributed by atoms with E-state index in [1.54, 1.807) is 24.3 Å².